The molecule has 23 heavy (non-hydrogen) atoms. The van der Waals surface area contributed by atoms with Crippen LogP contribution in [0.4, 0.5) is 5.13 Å². The van der Waals surface area contributed by atoms with Crippen LogP contribution in [0.1, 0.15) is 24.2 Å². The average Bonchev–Trinajstić information content (AvgIpc) is 2.95. The van der Waals surface area contributed by atoms with Gasteiger partial charge < -0.3 is 0 Å². The zero-order valence-electron chi connectivity index (χ0n) is 12.4. The minimum atomic E-state index is -3.71. The van der Waals surface area contributed by atoms with Gasteiger partial charge in [0.1, 0.15) is 0 Å². The quantitative estimate of drug-likeness (QED) is 0.756. The van der Waals surface area contributed by atoms with E-state index in [0.717, 1.165) is 11.3 Å². The lowest BCUT2D eigenvalue weighted by atomic mass is 10.2. The number of carbonyl (C=O) groups excluding carboxylic acids is 1. The largest absolute Gasteiger partial charge is 0.296 e. The summed E-state index contributed by atoms with van der Waals surface area (Å²) in [4.78, 5) is 12.0. The van der Waals surface area contributed by atoms with Crippen LogP contribution in [0.25, 0.3) is 0 Å². The van der Waals surface area contributed by atoms with E-state index in [1.165, 1.54) is 0 Å². The number of amides is 1. The zero-order valence-corrected chi connectivity index (χ0v) is 14.8. The maximum atomic E-state index is 12.0. The van der Waals surface area contributed by atoms with E-state index < -0.39 is 15.9 Å². The first-order valence-electron chi connectivity index (χ1n) is 6.68. The number of nitrogens with zero attached hydrogens (tertiary/aromatic N) is 2. The second-order valence-corrected chi connectivity index (χ2v) is 8.43. The van der Waals surface area contributed by atoms with E-state index in [1.807, 2.05) is 13.8 Å². The fraction of sp³-hybridized carbons (Fsp3) is 0.308. The lowest BCUT2D eigenvalue weighted by Crippen LogP contribution is -2.27. The molecule has 0 aliphatic heterocycles. The summed E-state index contributed by atoms with van der Waals surface area (Å²) < 4.78 is 26.3. The third-order valence-electron chi connectivity index (χ3n) is 2.64. The summed E-state index contributed by atoms with van der Waals surface area (Å²) in [5.74, 6) is -0.251. The number of benzene rings is 1. The van der Waals surface area contributed by atoms with E-state index in [-0.39, 0.29) is 15.4 Å². The first kappa shape index (κ1) is 17.8. The van der Waals surface area contributed by atoms with Gasteiger partial charge in [-0.2, -0.15) is 0 Å². The molecule has 0 unspecified atom stereocenters. The van der Waals surface area contributed by atoms with Crippen molar-refractivity contribution in [3.8, 4) is 0 Å². The van der Waals surface area contributed by atoms with Crippen LogP contribution in [0.2, 0.25) is 5.02 Å². The molecule has 1 aromatic carbocycles. The van der Waals surface area contributed by atoms with Gasteiger partial charge in [-0.15, -0.1) is 10.2 Å². The highest BCUT2D eigenvalue weighted by atomic mass is 35.5. The van der Waals surface area contributed by atoms with Gasteiger partial charge in [-0.05, 0) is 30.2 Å². The molecule has 0 aliphatic carbocycles. The van der Waals surface area contributed by atoms with Crippen molar-refractivity contribution >= 4 is 44.0 Å². The number of rotatable bonds is 6. The Balaban J connectivity index is 2.07. The Kier molecular flexibility index (Phi) is 5.69. The molecular formula is C13H15ClN4O3S2. The smallest absolute Gasteiger partial charge is 0.269 e. The van der Waals surface area contributed by atoms with Gasteiger partial charge in [0.2, 0.25) is 9.47 Å². The van der Waals surface area contributed by atoms with Gasteiger partial charge in [0.15, 0.2) is 0 Å². The molecule has 0 saturated carbocycles. The van der Waals surface area contributed by atoms with E-state index in [4.69, 9.17) is 11.6 Å². The Bertz CT molecular complexity index is 788. The molecule has 0 fully saturated rings. The van der Waals surface area contributed by atoms with Gasteiger partial charge in [0.25, 0.3) is 15.9 Å². The van der Waals surface area contributed by atoms with E-state index >= 15 is 0 Å². The Morgan fingerprint density at radius 2 is 1.91 bits per heavy atom. The lowest BCUT2D eigenvalue weighted by molar-refractivity contribution is 0.102. The van der Waals surface area contributed by atoms with Crippen molar-refractivity contribution in [3.63, 3.8) is 0 Å². The third-order valence-corrected chi connectivity index (χ3v) is 5.53. The molecule has 7 nitrogen and oxygen atoms in total. The predicted octanol–water partition coefficient (Wildman–Crippen LogP) is 2.38. The number of aromatic nitrogens is 2. The Labute approximate surface area is 143 Å². The Morgan fingerprint density at radius 3 is 2.52 bits per heavy atom. The highest BCUT2D eigenvalue weighted by molar-refractivity contribution is 7.91. The molecule has 1 aromatic heterocycles. The van der Waals surface area contributed by atoms with Gasteiger partial charge >= 0.3 is 0 Å². The van der Waals surface area contributed by atoms with Crippen LogP contribution < -0.4 is 10.0 Å². The summed E-state index contributed by atoms with van der Waals surface area (Å²) in [6.45, 7) is 4.08. The van der Waals surface area contributed by atoms with E-state index in [9.17, 15) is 13.2 Å². The highest BCUT2D eigenvalue weighted by Gasteiger charge is 2.21. The molecule has 2 aromatic rings. The Morgan fingerprint density at radius 1 is 1.26 bits per heavy atom. The summed E-state index contributed by atoms with van der Waals surface area (Å²) in [6.07, 6.45) is 0. The lowest BCUT2D eigenvalue weighted by Gasteiger charge is -2.05. The fourth-order valence-corrected chi connectivity index (χ4v) is 3.75. The van der Waals surface area contributed by atoms with Crippen LogP contribution in [0.5, 0.6) is 0 Å². The molecule has 2 rings (SSSR count). The molecule has 0 atom stereocenters. The van der Waals surface area contributed by atoms with E-state index in [2.05, 4.69) is 20.2 Å². The number of hydrogen-bond acceptors (Lipinski definition) is 6. The van der Waals surface area contributed by atoms with E-state index in [1.54, 1.807) is 24.3 Å². The Hall–Kier alpha value is -1.55. The SMILES string of the molecule is CC(C)CNS(=O)(=O)c1nnc(NC(=O)c2ccc(Cl)cc2)s1. The predicted molar refractivity (Wildman–Crippen MR) is 89.3 cm³/mol. The number of anilines is 1. The number of nitrogens with one attached hydrogen (secondary N) is 2. The normalized spacial score (nSPS) is 11.7. The number of sulfonamides is 1. The minimum absolute atomic E-state index is 0.106. The maximum Gasteiger partial charge on any atom is 0.269 e. The molecule has 0 spiro atoms. The molecule has 1 amide bonds. The van der Waals surface area contributed by atoms with Gasteiger partial charge in [-0.25, -0.2) is 13.1 Å². The van der Waals surface area contributed by atoms with E-state index in [0.29, 0.717) is 17.1 Å². The zero-order chi connectivity index (χ0) is 17.0. The first-order valence-corrected chi connectivity index (χ1v) is 9.36. The first-order chi connectivity index (χ1) is 10.8. The highest BCUT2D eigenvalue weighted by Crippen LogP contribution is 2.20. The monoisotopic (exact) mass is 374 g/mol. The molecule has 1 heterocycles. The van der Waals surface area contributed by atoms with Gasteiger partial charge in [-0.1, -0.05) is 36.8 Å². The van der Waals surface area contributed by atoms with Crippen molar-refractivity contribution < 1.29 is 13.2 Å². The molecular weight excluding hydrogens is 360 g/mol. The van der Waals surface area contributed by atoms with Crippen molar-refractivity contribution in [2.45, 2.75) is 18.2 Å². The van der Waals surface area contributed by atoms with Crippen molar-refractivity contribution in [1.29, 1.82) is 0 Å². The topological polar surface area (TPSA) is 101 Å². The van der Waals surface area contributed by atoms with Crippen molar-refractivity contribution in [2.24, 2.45) is 5.92 Å². The maximum absolute atomic E-state index is 12.0. The number of hydrogen-bond donors (Lipinski definition) is 2. The second-order valence-electron chi connectivity index (χ2n) is 5.08. The van der Waals surface area contributed by atoms with Gasteiger partial charge in [-0.3, -0.25) is 10.1 Å². The molecule has 0 bridgehead atoms. The van der Waals surface area contributed by atoms with Crippen molar-refractivity contribution in [3.05, 3.63) is 34.9 Å². The van der Waals surface area contributed by atoms with Gasteiger partial charge in [0.05, 0.1) is 0 Å². The van der Waals surface area contributed by atoms with Crippen LogP contribution in [0.15, 0.2) is 28.6 Å². The van der Waals surface area contributed by atoms with Gasteiger partial charge in [0, 0.05) is 17.1 Å². The minimum Gasteiger partial charge on any atom is -0.296 e. The van der Waals surface area contributed by atoms with Crippen molar-refractivity contribution in [2.75, 3.05) is 11.9 Å². The fourth-order valence-electron chi connectivity index (χ4n) is 1.48. The number of halogens is 1. The van der Waals surface area contributed by atoms with Crippen LogP contribution >= 0.6 is 22.9 Å². The molecule has 10 heteroatoms. The van der Waals surface area contributed by atoms with Crippen molar-refractivity contribution in [1.82, 2.24) is 14.9 Å². The van der Waals surface area contributed by atoms with Crippen LogP contribution in [-0.2, 0) is 10.0 Å². The third kappa shape index (κ3) is 4.96. The summed E-state index contributed by atoms with van der Waals surface area (Å²) >= 11 is 6.54. The number of carbonyl (C=O) groups is 1. The summed E-state index contributed by atoms with van der Waals surface area (Å²) in [5.41, 5.74) is 0.381. The summed E-state index contributed by atoms with van der Waals surface area (Å²) in [6, 6.07) is 6.28. The van der Waals surface area contributed by atoms with Crippen LogP contribution in [0.3, 0.4) is 0 Å². The average molecular weight is 375 g/mol. The van der Waals surface area contributed by atoms with Crippen LogP contribution in [-0.4, -0.2) is 31.1 Å². The second kappa shape index (κ2) is 7.35. The molecule has 0 radical (unpaired) electrons. The summed E-state index contributed by atoms with van der Waals surface area (Å²) in [7, 11) is -3.71. The summed E-state index contributed by atoms with van der Waals surface area (Å²) in [5, 5.41) is 10.4. The molecule has 0 saturated heterocycles. The molecule has 0 aliphatic rings. The van der Waals surface area contributed by atoms with Crippen LogP contribution in [0, 0.1) is 5.92 Å². The standard InChI is InChI=1S/C13H15ClN4O3S2/c1-8(2)7-15-23(20,21)13-18-17-12(22-13)16-11(19)9-3-5-10(14)6-4-9/h3-6,8,15H,7H2,1-2H3,(H,16,17,19). The molecule has 124 valence electrons. The molecule has 2 N–H and O–H groups in total.